The van der Waals surface area contributed by atoms with Gasteiger partial charge in [-0.15, -0.1) is 0 Å². The molecule has 0 heterocycles. The number of halogens is 1. The molecule has 1 atom stereocenters. The van der Waals surface area contributed by atoms with Crippen molar-refractivity contribution in [3.8, 4) is 0 Å². The number of rotatable bonds is 6. The Hall–Kier alpha value is -1.41. The third-order valence-corrected chi connectivity index (χ3v) is 6.44. The molecule has 0 saturated carbocycles. The smallest absolute Gasteiger partial charge is 0.229 e. The summed E-state index contributed by atoms with van der Waals surface area (Å²) in [4.78, 5) is 0.0319. The molecule has 130 valence electrons. The number of sulfonamides is 1. The molecule has 0 aliphatic carbocycles. The highest BCUT2D eigenvalue weighted by Crippen LogP contribution is 2.25. The monoisotopic (exact) mass is 387 g/mol. The lowest BCUT2D eigenvalue weighted by molar-refractivity contribution is 0.560. The average Bonchev–Trinajstić information content (AvgIpc) is 2.48. The van der Waals surface area contributed by atoms with Gasteiger partial charge in [-0.2, -0.15) is 0 Å². The van der Waals surface area contributed by atoms with Crippen LogP contribution in [-0.2, 0) is 19.9 Å². The van der Waals surface area contributed by atoms with E-state index in [2.05, 4.69) is 4.72 Å². The van der Waals surface area contributed by atoms with Gasteiger partial charge >= 0.3 is 0 Å². The third kappa shape index (κ3) is 4.80. The molecule has 0 spiro atoms. The zero-order valence-electron chi connectivity index (χ0n) is 13.2. The van der Waals surface area contributed by atoms with Crippen LogP contribution in [0.5, 0.6) is 0 Å². The molecule has 0 radical (unpaired) electrons. The van der Waals surface area contributed by atoms with Gasteiger partial charge in [-0.1, -0.05) is 48.0 Å². The Kier molecular flexibility index (Phi) is 5.70. The fourth-order valence-electron chi connectivity index (χ4n) is 2.32. The number of hydrogen-bond acceptors (Lipinski definition) is 4. The highest BCUT2D eigenvalue weighted by Gasteiger charge is 2.26. The van der Waals surface area contributed by atoms with Gasteiger partial charge in [0.2, 0.25) is 10.0 Å². The van der Waals surface area contributed by atoms with Gasteiger partial charge in [-0.05, 0) is 30.2 Å². The molecule has 1 N–H and O–H groups in total. The zero-order chi connectivity index (χ0) is 18.0. The summed E-state index contributed by atoms with van der Waals surface area (Å²) in [6.07, 6.45) is 1.07. The van der Waals surface area contributed by atoms with Crippen LogP contribution in [0, 0.1) is 6.92 Å². The standard InChI is InChI=1S/C16H18ClNO4S2/c1-12-14(17)9-6-10-16(12)24(21,22)18-15(11-23(2,19)20)13-7-4-3-5-8-13/h3-10,15,18H,11H2,1-2H3/t15-/m1/s1. The Labute approximate surface area is 147 Å². The van der Waals surface area contributed by atoms with Gasteiger partial charge in [0.05, 0.1) is 16.7 Å². The fourth-order valence-corrected chi connectivity index (χ4v) is 5.03. The lowest BCUT2D eigenvalue weighted by Crippen LogP contribution is -2.33. The first kappa shape index (κ1) is 18.9. The van der Waals surface area contributed by atoms with Gasteiger partial charge in [0, 0.05) is 11.3 Å². The van der Waals surface area contributed by atoms with E-state index in [4.69, 9.17) is 11.6 Å². The first-order valence-corrected chi connectivity index (χ1v) is 11.0. The quantitative estimate of drug-likeness (QED) is 0.826. The van der Waals surface area contributed by atoms with Gasteiger partial charge < -0.3 is 0 Å². The van der Waals surface area contributed by atoms with Crippen molar-refractivity contribution in [2.75, 3.05) is 12.0 Å². The third-order valence-electron chi connectivity index (χ3n) is 3.48. The Morgan fingerprint density at radius 3 is 2.21 bits per heavy atom. The van der Waals surface area contributed by atoms with Crippen LogP contribution in [0.1, 0.15) is 17.2 Å². The maximum Gasteiger partial charge on any atom is 0.241 e. The summed E-state index contributed by atoms with van der Waals surface area (Å²) in [5, 5.41) is 0.331. The first-order chi connectivity index (χ1) is 11.1. The van der Waals surface area contributed by atoms with E-state index in [1.807, 2.05) is 0 Å². The van der Waals surface area contributed by atoms with Crippen LogP contribution in [0.15, 0.2) is 53.4 Å². The van der Waals surface area contributed by atoms with Gasteiger partial charge in [0.1, 0.15) is 9.84 Å². The predicted molar refractivity (Wildman–Crippen MR) is 95.4 cm³/mol. The minimum absolute atomic E-state index is 0.0319. The van der Waals surface area contributed by atoms with E-state index in [9.17, 15) is 16.8 Å². The van der Waals surface area contributed by atoms with E-state index in [0.717, 1.165) is 6.26 Å². The summed E-state index contributed by atoms with van der Waals surface area (Å²) in [5.41, 5.74) is 0.990. The Balaban J connectivity index is 2.43. The highest BCUT2D eigenvalue weighted by molar-refractivity contribution is 7.91. The van der Waals surface area contributed by atoms with Crippen molar-refractivity contribution < 1.29 is 16.8 Å². The van der Waals surface area contributed by atoms with Crippen molar-refractivity contribution in [2.24, 2.45) is 0 Å². The molecule has 0 amide bonds. The van der Waals surface area contributed by atoms with E-state index in [0.29, 0.717) is 16.1 Å². The second kappa shape index (κ2) is 7.23. The molecular formula is C16H18ClNO4S2. The SMILES string of the molecule is Cc1c(Cl)cccc1S(=O)(=O)N[C@H](CS(C)(=O)=O)c1ccccc1. The maximum absolute atomic E-state index is 12.7. The van der Waals surface area contributed by atoms with Crippen LogP contribution >= 0.6 is 11.6 Å². The van der Waals surface area contributed by atoms with Crippen molar-refractivity contribution in [3.05, 3.63) is 64.7 Å². The summed E-state index contributed by atoms with van der Waals surface area (Å²) in [5.74, 6) is -0.337. The second-order valence-corrected chi connectivity index (χ2v) is 9.81. The van der Waals surface area contributed by atoms with E-state index >= 15 is 0 Å². The molecule has 0 aromatic heterocycles. The van der Waals surface area contributed by atoms with Gasteiger partial charge in [0.15, 0.2) is 0 Å². The van der Waals surface area contributed by atoms with Crippen molar-refractivity contribution in [3.63, 3.8) is 0 Å². The first-order valence-electron chi connectivity index (χ1n) is 7.10. The second-order valence-electron chi connectivity index (χ2n) is 5.54. The number of hydrogen-bond donors (Lipinski definition) is 1. The van der Waals surface area contributed by atoms with Crippen molar-refractivity contribution >= 4 is 31.5 Å². The largest absolute Gasteiger partial charge is 0.241 e. The lowest BCUT2D eigenvalue weighted by Gasteiger charge is -2.19. The number of nitrogens with one attached hydrogen (secondary N) is 1. The normalized spacial score (nSPS) is 13.6. The van der Waals surface area contributed by atoms with Gasteiger partial charge in [-0.3, -0.25) is 0 Å². The fraction of sp³-hybridized carbons (Fsp3) is 0.250. The van der Waals surface area contributed by atoms with Crippen LogP contribution in [0.3, 0.4) is 0 Å². The van der Waals surface area contributed by atoms with E-state index < -0.39 is 25.9 Å². The maximum atomic E-state index is 12.7. The highest BCUT2D eigenvalue weighted by atomic mass is 35.5. The Morgan fingerprint density at radius 1 is 1.00 bits per heavy atom. The zero-order valence-corrected chi connectivity index (χ0v) is 15.6. The van der Waals surface area contributed by atoms with Crippen molar-refractivity contribution in [1.82, 2.24) is 4.72 Å². The molecule has 2 rings (SSSR count). The minimum atomic E-state index is -3.93. The van der Waals surface area contributed by atoms with E-state index in [-0.39, 0.29) is 10.6 Å². The molecule has 24 heavy (non-hydrogen) atoms. The summed E-state index contributed by atoms with van der Waals surface area (Å²) in [7, 11) is -7.33. The van der Waals surface area contributed by atoms with Crippen molar-refractivity contribution in [2.45, 2.75) is 17.9 Å². The van der Waals surface area contributed by atoms with Crippen LogP contribution in [0.25, 0.3) is 0 Å². The van der Waals surface area contributed by atoms with Gasteiger partial charge in [0.25, 0.3) is 0 Å². The Morgan fingerprint density at radius 2 is 1.62 bits per heavy atom. The molecule has 2 aromatic rings. The summed E-state index contributed by atoms with van der Waals surface area (Å²) in [6, 6.07) is 12.3. The number of benzene rings is 2. The molecule has 5 nitrogen and oxygen atoms in total. The summed E-state index contributed by atoms with van der Waals surface area (Å²) < 4.78 is 51.3. The molecule has 2 aromatic carbocycles. The Bertz CT molecular complexity index is 926. The summed E-state index contributed by atoms with van der Waals surface area (Å²) >= 11 is 5.99. The molecule has 0 bridgehead atoms. The molecule has 0 aliphatic rings. The van der Waals surface area contributed by atoms with Crippen LogP contribution < -0.4 is 4.72 Å². The van der Waals surface area contributed by atoms with Crippen LogP contribution in [0.4, 0.5) is 0 Å². The molecular weight excluding hydrogens is 370 g/mol. The summed E-state index contributed by atoms with van der Waals surface area (Å²) in [6.45, 7) is 1.60. The molecule has 0 fully saturated rings. The molecule has 0 saturated heterocycles. The van der Waals surface area contributed by atoms with Gasteiger partial charge in [-0.25, -0.2) is 21.6 Å². The molecule has 0 unspecified atom stereocenters. The molecule has 8 heteroatoms. The minimum Gasteiger partial charge on any atom is -0.229 e. The van der Waals surface area contributed by atoms with E-state index in [1.165, 1.54) is 12.1 Å². The van der Waals surface area contributed by atoms with Crippen LogP contribution in [0.2, 0.25) is 5.02 Å². The topological polar surface area (TPSA) is 80.3 Å². The van der Waals surface area contributed by atoms with Crippen molar-refractivity contribution in [1.29, 1.82) is 0 Å². The average molecular weight is 388 g/mol. The van der Waals surface area contributed by atoms with E-state index in [1.54, 1.807) is 43.3 Å². The van der Waals surface area contributed by atoms with Crippen LogP contribution in [-0.4, -0.2) is 28.8 Å². The lowest BCUT2D eigenvalue weighted by atomic mass is 10.1. The number of sulfone groups is 1. The predicted octanol–water partition coefficient (Wildman–Crippen LogP) is 2.71. The molecule has 0 aliphatic heterocycles.